The molecule has 1 saturated carbocycles. The molecule has 0 spiro atoms. The molecule has 1 N–H and O–H groups in total. The van der Waals surface area contributed by atoms with Gasteiger partial charge in [0.25, 0.3) is 0 Å². The summed E-state index contributed by atoms with van der Waals surface area (Å²) >= 11 is 3.01. The van der Waals surface area contributed by atoms with Crippen molar-refractivity contribution in [2.24, 2.45) is 0 Å². The molecule has 27 heavy (non-hydrogen) atoms. The molecular formula is C19H19FN4OS2. The molecule has 2 heterocycles. The van der Waals surface area contributed by atoms with E-state index in [1.807, 2.05) is 24.4 Å². The third kappa shape index (κ3) is 3.91. The third-order valence-corrected chi connectivity index (χ3v) is 6.33. The molecular weight excluding hydrogens is 383 g/mol. The molecule has 3 aromatic rings. The van der Waals surface area contributed by atoms with Gasteiger partial charge in [-0.15, -0.1) is 21.5 Å². The van der Waals surface area contributed by atoms with E-state index in [1.165, 1.54) is 17.8 Å². The number of hydrogen-bond acceptors (Lipinski definition) is 5. The van der Waals surface area contributed by atoms with E-state index in [4.69, 9.17) is 0 Å². The molecule has 4 rings (SSSR count). The van der Waals surface area contributed by atoms with Gasteiger partial charge in [-0.2, -0.15) is 0 Å². The number of rotatable bonds is 6. The second kappa shape index (κ2) is 7.44. The molecule has 1 aromatic carbocycles. The van der Waals surface area contributed by atoms with E-state index < -0.39 is 0 Å². The first-order valence-electron chi connectivity index (χ1n) is 8.75. The molecule has 1 fully saturated rings. The minimum absolute atomic E-state index is 0.189. The van der Waals surface area contributed by atoms with Crippen LogP contribution in [0.2, 0.25) is 0 Å². The number of carbonyl (C=O) groups excluding carboxylic acids is 1. The first-order chi connectivity index (χ1) is 13.0. The van der Waals surface area contributed by atoms with E-state index in [0.29, 0.717) is 17.3 Å². The van der Waals surface area contributed by atoms with Gasteiger partial charge in [0.2, 0.25) is 5.91 Å². The molecule has 1 atom stereocenters. The fraction of sp³-hybridized carbons (Fsp3) is 0.316. The van der Waals surface area contributed by atoms with E-state index in [-0.39, 0.29) is 17.0 Å². The normalized spacial score (nSPS) is 14.9. The average Bonchev–Trinajstić information content (AvgIpc) is 3.17. The monoisotopic (exact) mass is 402 g/mol. The summed E-state index contributed by atoms with van der Waals surface area (Å²) in [5.74, 6) is 0.344. The lowest BCUT2D eigenvalue weighted by atomic mass is 10.2. The van der Waals surface area contributed by atoms with Crippen molar-refractivity contribution in [1.82, 2.24) is 14.8 Å². The number of anilines is 1. The predicted molar refractivity (Wildman–Crippen MR) is 107 cm³/mol. The fourth-order valence-corrected chi connectivity index (χ4v) is 4.34. The number of hydrogen-bond donors (Lipinski definition) is 1. The number of thiophene rings is 1. The second-order valence-corrected chi connectivity index (χ2v) is 8.85. The maximum Gasteiger partial charge on any atom is 0.237 e. The van der Waals surface area contributed by atoms with Crippen molar-refractivity contribution < 1.29 is 9.18 Å². The van der Waals surface area contributed by atoms with Crippen molar-refractivity contribution in [2.75, 3.05) is 5.32 Å². The first kappa shape index (κ1) is 18.2. The summed E-state index contributed by atoms with van der Waals surface area (Å²) in [5.41, 5.74) is 1.01. The molecule has 1 amide bonds. The van der Waals surface area contributed by atoms with Crippen LogP contribution in [0.3, 0.4) is 0 Å². The molecule has 140 valence electrons. The van der Waals surface area contributed by atoms with Crippen molar-refractivity contribution in [3.63, 3.8) is 0 Å². The summed E-state index contributed by atoms with van der Waals surface area (Å²) in [5, 5.41) is 13.8. The average molecular weight is 403 g/mol. The number of thioether (sulfide) groups is 1. The van der Waals surface area contributed by atoms with Crippen LogP contribution < -0.4 is 5.32 Å². The lowest BCUT2D eigenvalue weighted by Gasteiger charge is -2.13. The van der Waals surface area contributed by atoms with Gasteiger partial charge in [-0.05, 0) is 55.8 Å². The first-order valence-corrected chi connectivity index (χ1v) is 10.5. The number of aromatic nitrogens is 3. The van der Waals surface area contributed by atoms with Gasteiger partial charge in [0.05, 0.1) is 10.1 Å². The summed E-state index contributed by atoms with van der Waals surface area (Å²) < 4.78 is 15.8. The summed E-state index contributed by atoms with van der Waals surface area (Å²) in [6, 6.07) is 9.13. The zero-order valence-electron chi connectivity index (χ0n) is 15.0. The summed E-state index contributed by atoms with van der Waals surface area (Å²) in [6.07, 6.45) is 2.21. The minimum atomic E-state index is -0.382. The van der Waals surface area contributed by atoms with Gasteiger partial charge in [-0.25, -0.2) is 4.39 Å². The largest absolute Gasteiger partial charge is 0.325 e. The minimum Gasteiger partial charge on any atom is -0.325 e. The highest BCUT2D eigenvalue weighted by Crippen LogP contribution is 2.42. The Morgan fingerprint density at radius 3 is 2.85 bits per heavy atom. The quantitative estimate of drug-likeness (QED) is 0.595. The highest BCUT2D eigenvalue weighted by atomic mass is 32.2. The Hall–Kier alpha value is -2.19. The van der Waals surface area contributed by atoms with Crippen LogP contribution in [0.25, 0.3) is 10.7 Å². The van der Waals surface area contributed by atoms with E-state index >= 15 is 0 Å². The zero-order valence-corrected chi connectivity index (χ0v) is 16.6. The van der Waals surface area contributed by atoms with Crippen LogP contribution >= 0.6 is 23.1 Å². The van der Waals surface area contributed by atoms with Gasteiger partial charge in [0.1, 0.15) is 5.82 Å². The molecule has 1 aliphatic rings. The van der Waals surface area contributed by atoms with Crippen molar-refractivity contribution >= 4 is 34.7 Å². The number of amides is 1. The van der Waals surface area contributed by atoms with Gasteiger partial charge in [0.15, 0.2) is 11.0 Å². The molecule has 1 unspecified atom stereocenters. The Kier molecular flexibility index (Phi) is 5.01. The van der Waals surface area contributed by atoms with Crippen molar-refractivity contribution in [1.29, 1.82) is 0 Å². The Morgan fingerprint density at radius 1 is 1.37 bits per heavy atom. The number of halogens is 1. The number of benzene rings is 1. The highest BCUT2D eigenvalue weighted by molar-refractivity contribution is 8.00. The zero-order chi connectivity index (χ0) is 19.0. The van der Waals surface area contributed by atoms with Crippen LogP contribution in [0.15, 0.2) is 40.9 Å². The van der Waals surface area contributed by atoms with Crippen molar-refractivity contribution in [3.05, 3.63) is 47.1 Å². The number of carbonyl (C=O) groups is 1. The van der Waals surface area contributed by atoms with Crippen LogP contribution in [0, 0.1) is 12.7 Å². The number of nitrogens with zero attached hydrogens (tertiary/aromatic N) is 3. The van der Waals surface area contributed by atoms with E-state index in [1.54, 1.807) is 30.4 Å². The van der Waals surface area contributed by atoms with Crippen molar-refractivity contribution in [3.8, 4) is 10.7 Å². The van der Waals surface area contributed by atoms with Gasteiger partial charge in [0, 0.05) is 11.7 Å². The molecule has 0 bridgehead atoms. The predicted octanol–water partition coefficient (Wildman–Crippen LogP) is 4.91. The number of aryl methyl sites for hydroxylation is 1. The topological polar surface area (TPSA) is 59.8 Å². The van der Waals surface area contributed by atoms with Crippen LogP contribution in [0.4, 0.5) is 10.1 Å². The number of nitrogens with one attached hydrogen (secondary N) is 1. The Bertz CT molecular complexity index is 966. The van der Waals surface area contributed by atoms with Crippen LogP contribution in [0.5, 0.6) is 0 Å². The second-order valence-electron chi connectivity index (χ2n) is 6.60. The molecule has 8 heteroatoms. The standard InChI is InChI=1S/C19H19FN4OS2/c1-11-5-6-13(10-15(11)20)21-18(25)12(2)27-19-23-22-17(16-4-3-9-26-16)24(19)14-7-8-14/h3-6,9-10,12,14H,7-8H2,1-2H3,(H,21,25). The lowest BCUT2D eigenvalue weighted by molar-refractivity contribution is -0.115. The maximum atomic E-state index is 13.7. The van der Waals surface area contributed by atoms with Crippen LogP contribution in [0.1, 0.15) is 31.4 Å². The van der Waals surface area contributed by atoms with Crippen molar-refractivity contribution in [2.45, 2.75) is 43.1 Å². The SMILES string of the molecule is Cc1ccc(NC(=O)C(C)Sc2nnc(-c3cccs3)n2C2CC2)cc1F. The maximum absolute atomic E-state index is 13.7. The summed E-state index contributed by atoms with van der Waals surface area (Å²) in [6.45, 7) is 3.51. The van der Waals surface area contributed by atoms with Gasteiger partial charge in [-0.1, -0.05) is 23.9 Å². The van der Waals surface area contributed by atoms with Gasteiger partial charge < -0.3 is 5.32 Å². The van der Waals surface area contributed by atoms with Gasteiger partial charge >= 0.3 is 0 Å². The lowest BCUT2D eigenvalue weighted by Crippen LogP contribution is -2.23. The molecule has 0 saturated heterocycles. The Labute approximate surface area is 165 Å². The fourth-order valence-electron chi connectivity index (χ4n) is 2.72. The Balaban J connectivity index is 1.50. The third-order valence-electron chi connectivity index (χ3n) is 4.41. The molecule has 0 aliphatic heterocycles. The summed E-state index contributed by atoms with van der Waals surface area (Å²) in [7, 11) is 0. The van der Waals surface area contributed by atoms with E-state index in [9.17, 15) is 9.18 Å². The van der Waals surface area contributed by atoms with Crippen LogP contribution in [-0.4, -0.2) is 25.9 Å². The molecule has 1 aliphatic carbocycles. The summed E-state index contributed by atoms with van der Waals surface area (Å²) in [4.78, 5) is 13.6. The van der Waals surface area contributed by atoms with Gasteiger partial charge in [-0.3, -0.25) is 9.36 Å². The van der Waals surface area contributed by atoms with E-state index in [0.717, 1.165) is 28.7 Å². The Morgan fingerprint density at radius 2 is 2.19 bits per heavy atom. The molecule has 5 nitrogen and oxygen atoms in total. The molecule has 0 radical (unpaired) electrons. The molecule has 2 aromatic heterocycles. The highest BCUT2D eigenvalue weighted by Gasteiger charge is 2.31. The smallest absolute Gasteiger partial charge is 0.237 e. The van der Waals surface area contributed by atoms with E-state index in [2.05, 4.69) is 20.1 Å². The van der Waals surface area contributed by atoms with Crippen LogP contribution in [-0.2, 0) is 4.79 Å².